The Morgan fingerprint density at radius 2 is 2.19 bits per heavy atom. The third kappa shape index (κ3) is 3.03. The number of aromatic amines is 1. The number of aryl methyl sites for hydroxylation is 1. The average molecular weight is 246 g/mol. The first kappa shape index (κ1) is 13.1. The van der Waals surface area contributed by atoms with Crippen LogP contribution in [-0.4, -0.2) is 50.2 Å². The van der Waals surface area contributed by atoms with Gasteiger partial charge in [0.1, 0.15) is 4.90 Å². The van der Waals surface area contributed by atoms with Crippen LogP contribution in [0.5, 0.6) is 0 Å². The van der Waals surface area contributed by atoms with Crippen molar-refractivity contribution in [3.8, 4) is 0 Å². The molecule has 6 nitrogen and oxygen atoms in total. The highest BCUT2D eigenvalue weighted by atomic mass is 32.2. The molecule has 0 fully saturated rings. The zero-order chi connectivity index (χ0) is 12.3. The number of likely N-dealkylation sites (N-methyl/N-ethyl adjacent to an activating group) is 1. The second-order valence-electron chi connectivity index (χ2n) is 4.02. The van der Waals surface area contributed by atoms with E-state index in [0.717, 1.165) is 0 Å². The molecular formula is C9H18N4O2S. The highest BCUT2D eigenvalue weighted by molar-refractivity contribution is 7.89. The van der Waals surface area contributed by atoms with Gasteiger partial charge < -0.3 is 4.90 Å². The highest BCUT2D eigenvalue weighted by Crippen LogP contribution is 2.10. The maximum absolute atomic E-state index is 11.9. The standard InChI is InChI=1S/C9H18N4O2S/c1-7(13(3)4)5-11-16(14,15)9-6-10-12-8(9)2/h6-7,11H,5H2,1-4H3,(H,10,12). The van der Waals surface area contributed by atoms with Crippen LogP contribution >= 0.6 is 0 Å². The third-order valence-corrected chi connectivity index (χ3v) is 4.06. The van der Waals surface area contributed by atoms with Gasteiger partial charge in [-0.05, 0) is 27.9 Å². The summed E-state index contributed by atoms with van der Waals surface area (Å²) in [5.41, 5.74) is 0.546. The van der Waals surface area contributed by atoms with E-state index in [1.807, 2.05) is 25.9 Å². The lowest BCUT2D eigenvalue weighted by Gasteiger charge is -2.19. The second-order valence-corrected chi connectivity index (χ2v) is 5.76. The van der Waals surface area contributed by atoms with E-state index in [2.05, 4.69) is 14.9 Å². The molecule has 1 unspecified atom stereocenters. The van der Waals surface area contributed by atoms with E-state index in [0.29, 0.717) is 12.2 Å². The van der Waals surface area contributed by atoms with Crippen molar-refractivity contribution in [1.82, 2.24) is 19.8 Å². The van der Waals surface area contributed by atoms with Crippen LogP contribution in [0.25, 0.3) is 0 Å². The first-order chi connectivity index (χ1) is 7.34. The van der Waals surface area contributed by atoms with Gasteiger partial charge in [0, 0.05) is 12.6 Å². The quantitative estimate of drug-likeness (QED) is 0.763. The Kier molecular flexibility index (Phi) is 4.06. The van der Waals surface area contributed by atoms with E-state index in [1.165, 1.54) is 6.20 Å². The van der Waals surface area contributed by atoms with Crippen LogP contribution in [0.1, 0.15) is 12.6 Å². The van der Waals surface area contributed by atoms with Crippen LogP contribution < -0.4 is 4.72 Å². The van der Waals surface area contributed by atoms with Crippen molar-refractivity contribution < 1.29 is 8.42 Å². The molecule has 0 saturated heterocycles. The van der Waals surface area contributed by atoms with E-state index < -0.39 is 10.0 Å². The molecule has 0 aliphatic carbocycles. The maximum Gasteiger partial charge on any atom is 0.244 e. The number of nitrogens with zero attached hydrogens (tertiary/aromatic N) is 2. The van der Waals surface area contributed by atoms with E-state index in [1.54, 1.807) is 6.92 Å². The number of hydrogen-bond acceptors (Lipinski definition) is 4. The van der Waals surface area contributed by atoms with Crippen LogP contribution in [0.4, 0.5) is 0 Å². The smallest absolute Gasteiger partial charge is 0.244 e. The Balaban J connectivity index is 2.71. The summed E-state index contributed by atoms with van der Waals surface area (Å²) in [4.78, 5) is 2.16. The summed E-state index contributed by atoms with van der Waals surface area (Å²) in [7, 11) is 0.363. The fraction of sp³-hybridized carbons (Fsp3) is 0.667. The van der Waals surface area contributed by atoms with E-state index in [9.17, 15) is 8.42 Å². The first-order valence-corrected chi connectivity index (χ1v) is 6.49. The lowest BCUT2D eigenvalue weighted by Crippen LogP contribution is -2.38. The summed E-state index contributed by atoms with van der Waals surface area (Å²) < 4.78 is 26.3. The molecule has 0 radical (unpaired) electrons. The Bertz CT molecular complexity index is 438. The lowest BCUT2D eigenvalue weighted by molar-refractivity contribution is 0.314. The number of nitrogens with one attached hydrogen (secondary N) is 2. The first-order valence-electron chi connectivity index (χ1n) is 5.00. The molecular weight excluding hydrogens is 228 g/mol. The molecule has 1 heterocycles. The van der Waals surface area contributed by atoms with Gasteiger partial charge in [-0.3, -0.25) is 5.10 Å². The monoisotopic (exact) mass is 246 g/mol. The normalized spacial score (nSPS) is 14.3. The second kappa shape index (κ2) is 4.94. The lowest BCUT2D eigenvalue weighted by atomic mass is 10.3. The van der Waals surface area contributed by atoms with Crippen molar-refractivity contribution in [1.29, 1.82) is 0 Å². The molecule has 2 N–H and O–H groups in total. The largest absolute Gasteiger partial charge is 0.305 e. The third-order valence-electron chi connectivity index (χ3n) is 2.52. The van der Waals surface area contributed by atoms with Crippen molar-refractivity contribution >= 4 is 10.0 Å². The van der Waals surface area contributed by atoms with Gasteiger partial charge in [-0.15, -0.1) is 0 Å². The van der Waals surface area contributed by atoms with Crippen LogP contribution in [0.3, 0.4) is 0 Å². The Morgan fingerprint density at radius 3 is 2.62 bits per heavy atom. The summed E-state index contributed by atoms with van der Waals surface area (Å²) in [5.74, 6) is 0. The van der Waals surface area contributed by atoms with Crippen molar-refractivity contribution in [3.05, 3.63) is 11.9 Å². The van der Waals surface area contributed by atoms with Gasteiger partial charge in [0.15, 0.2) is 0 Å². The van der Waals surface area contributed by atoms with Gasteiger partial charge in [0.05, 0.1) is 11.9 Å². The van der Waals surface area contributed by atoms with Crippen LogP contribution in [0.15, 0.2) is 11.1 Å². The van der Waals surface area contributed by atoms with E-state index >= 15 is 0 Å². The van der Waals surface area contributed by atoms with Gasteiger partial charge in [-0.1, -0.05) is 0 Å². The molecule has 1 atom stereocenters. The fourth-order valence-corrected chi connectivity index (χ4v) is 2.36. The molecule has 0 bridgehead atoms. The predicted octanol–water partition coefficient (Wildman–Crippen LogP) is -0.0535. The predicted molar refractivity (Wildman–Crippen MR) is 61.7 cm³/mol. The Labute approximate surface area is 96.1 Å². The molecule has 92 valence electrons. The molecule has 0 amide bonds. The van der Waals surface area contributed by atoms with Crippen molar-refractivity contribution in [3.63, 3.8) is 0 Å². The summed E-state index contributed by atoms with van der Waals surface area (Å²) in [6.45, 7) is 4.00. The molecule has 1 rings (SSSR count). The number of aromatic nitrogens is 2. The Morgan fingerprint density at radius 1 is 1.56 bits per heavy atom. The number of hydrogen-bond donors (Lipinski definition) is 2. The molecule has 0 aliphatic heterocycles. The highest BCUT2D eigenvalue weighted by Gasteiger charge is 2.19. The van der Waals surface area contributed by atoms with Crippen LogP contribution in [0.2, 0.25) is 0 Å². The van der Waals surface area contributed by atoms with Gasteiger partial charge in [0.2, 0.25) is 10.0 Å². The van der Waals surface area contributed by atoms with Gasteiger partial charge >= 0.3 is 0 Å². The zero-order valence-corrected chi connectivity index (χ0v) is 10.8. The van der Waals surface area contributed by atoms with Crippen molar-refractivity contribution in [2.75, 3.05) is 20.6 Å². The number of H-pyrrole nitrogens is 1. The fourth-order valence-electron chi connectivity index (χ4n) is 1.10. The molecule has 0 aliphatic rings. The molecule has 0 aromatic carbocycles. The van der Waals surface area contributed by atoms with Gasteiger partial charge in [-0.25, -0.2) is 13.1 Å². The molecule has 1 aromatic rings. The van der Waals surface area contributed by atoms with Gasteiger partial charge in [0.25, 0.3) is 0 Å². The van der Waals surface area contributed by atoms with Crippen molar-refractivity contribution in [2.24, 2.45) is 0 Å². The van der Waals surface area contributed by atoms with Gasteiger partial charge in [-0.2, -0.15) is 5.10 Å². The number of sulfonamides is 1. The van der Waals surface area contributed by atoms with Crippen LogP contribution in [0, 0.1) is 6.92 Å². The molecule has 7 heteroatoms. The maximum atomic E-state index is 11.9. The van der Waals surface area contributed by atoms with Crippen molar-refractivity contribution in [2.45, 2.75) is 24.8 Å². The van der Waals surface area contributed by atoms with Crippen LogP contribution in [-0.2, 0) is 10.0 Å². The van der Waals surface area contributed by atoms with E-state index in [-0.39, 0.29) is 10.9 Å². The number of rotatable bonds is 5. The molecule has 0 spiro atoms. The summed E-state index contributed by atoms with van der Waals surface area (Å²) in [5, 5.41) is 6.30. The minimum absolute atomic E-state index is 0.141. The minimum Gasteiger partial charge on any atom is -0.305 e. The molecule has 16 heavy (non-hydrogen) atoms. The molecule has 0 saturated carbocycles. The molecule has 1 aromatic heterocycles. The summed E-state index contributed by atoms with van der Waals surface area (Å²) >= 11 is 0. The zero-order valence-electron chi connectivity index (χ0n) is 9.98. The Hall–Kier alpha value is -0.920. The SMILES string of the molecule is Cc1[nH]ncc1S(=O)(=O)NCC(C)N(C)C. The van der Waals surface area contributed by atoms with E-state index in [4.69, 9.17) is 0 Å². The summed E-state index contributed by atoms with van der Waals surface area (Å²) in [6, 6.07) is 0.141. The minimum atomic E-state index is -3.45. The summed E-state index contributed by atoms with van der Waals surface area (Å²) in [6.07, 6.45) is 1.32. The topological polar surface area (TPSA) is 78.1 Å². The average Bonchev–Trinajstić information content (AvgIpc) is 2.61.